The lowest BCUT2D eigenvalue weighted by Crippen LogP contribution is -2.27. The number of nitrogens with one attached hydrogen (secondary N) is 1. The van der Waals surface area contributed by atoms with Gasteiger partial charge in [0.05, 0.1) is 5.56 Å². The fourth-order valence-corrected chi connectivity index (χ4v) is 2.58. The van der Waals surface area contributed by atoms with Crippen molar-refractivity contribution >= 4 is 27.5 Å². The van der Waals surface area contributed by atoms with Crippen LogP contribution in [0.3, 0.4) is 0 Å². The number of benzene rings is 2. The highest BCUT2D eigenvalue weighted by molar-refractivity contribution is 9.10. The van der Waals surface area contributed by atoms with E-state index in [9.17, 15) is 4.79 Å². The average molecular weight is 347 g/mol. The zero-order chi connectivity index (χ0) is 15.2. The monoisotopic (exact) mass is 346 g/mol. The number of carbonyl (C=O) groups is 1. The van der Waals surface area contributed by atoms with E-state index < -0.39 is 0 Å². The molecule has 21 heavy (non-hydrogen) atoms. The summed E-state index contributed by atoms with van der Waals surface area (Å²) in [5.41, 5.74) is 2.67. The molecule has 0 atom stereocenters. The molecule has 0 fully saturated rings. The molecule has 0 radical (unpaired) electrons. The summed E-state index contributed by atoms with van der Waals surface area (Å²) in [7, 11) is 1.82. The highest BCUT2D eigenvalue weighted by Gasteiger charge is 2.16. The highest BCUT2D eigenvalue weighted by Crippen LogP contribution is 2.20. The number of amides is 1. The van der Waals surface area contributed by atoms with Gasteiger partial charge in [0.2, 0.25) is 0 Å². The summed E-state index contributed by atoms with van der Waals surface area (Å²) in [6.45, 7) is 3.38. The quantitative estimate of drug-likeness (QED) is 0.881. The lowest BCUT2D eigenvalue weighted by molar-refractivity contribution is 0.0786. The molecule has 0 unspecified atom stereocenters. The van der Waals surface area contributed by atoms with Crippen molar-refractivity contribution in [2.75, 3.05) is 18.9 Å². The third-order valence-corrected chi connectivity index (χ3v) is 4.01. The largest absolute Gasteiger partial charge is 0.385 e. The summed E-state index contributed by atoms with van der Waals surface area (Å²) in [4.78, 5) is 14.4. The molecule has 2 aromatic carbocycles. The van der Waals surface area contributed by atoms with Gasteiger partial charge in [0, 0.05) is 30.3 Å². The SMILES string of the molecule is CCNc1ccccc1C(=O)N(C)Cc1ccccc1Br. The van der Waals surface area contributed by atoms with Crippen molar-refractivity contribution in [2.45, 2.75) is 13.5 Å². The maximum Gasteiger partial charge on any atom is 0.255 e. The first-order valence-corrected chi connectivity index (χ1v) is 7.74. The number of hydrogen-bond acceptors (Lipinski definition) is 2. The number of carbonyl (C=O) groups excluding carboxylic acids is 1. The van der Waals surface area contributed by atoms with Gasteiger partial charge < -0.3 is 10.2 Å². The Kier molecular flexibility index (Phi) is 5.39. The molecule has 2 rings (SSSR count). The normalized spacial score (nSPS) is 10.2. The van der Waals surface area contributed by atoms with E-state index in [1.165, 1.54) is 0 Å². The molecule has 110 valence electrons. The van der Waals surface area contributed by atoms with Crippen molar-refractivity contribution in [1.82, 2.24) is 4.90 Å². The molecular formula is C17H19BrN2O. The molecule has 0 saturated carbocycles. The summed E-state index contributed by atoms with van der Waals surface area (Å²) < 4.78 is 1.02. The van der Waals surface area contributed by atoms with Crippen LogP contribution >= 0.6 is 15.9 Å². The van der Waals surface area contributed by atoms with Crippen LogP contribution in [-0.4, -0.2) is 24.4 Å². The van der Waals surface area contributed by atoms with Gasteiger partial charge in [-0.2, -0.15) is 0 Å². The predicted octanol–water partition coefficient (Wildman–Crippen LogP) is 4.15. The van der Waals surface area contributed by atoms with Crippen molar-refractivity contribution in [3.63, 3.8) is 0 Å². The molecule has 4 heteroatoms. The van der Waals surface area contributed by atoms with Crippen LogP contribution in [0.25, 0.3) is 0 Å². The Morgan fingerprint density at radius 1 is 1.14 bits per heavy atom. The van der Waals surface area contributed by atoms with Crippen molar-refractivity contribution in [1.29, 1.82) is 0 Å². The maximum absolute atomic E-state index is 12.6. The molecule has 0 bridgehead atoms. The number of rotatable bonds is 5. The molecule has 3 nitrogen and oxygen atoms in total. The van der Waals surface area contributed by atoms with E-state index in [2.05, 4.69) is 21.2 Å². The molecule has 0 aliphatic rings. The van der Waals surface area contributed by atoms with E-state index in [0.29, 0.717) is 12.1 Å². The van der Waals surface area contributed by atoms with E-state index in [1.54, 1.807) is 4.90 Å². The number of hydrogen-bond donors (Lipinski definition) is 1. The second-order valence-corrected chi connectivity index (χ2v) is 5.68. The van der Waals surface area contributed by atoms with E-state index >= 15 is 0 Å². The van der Waals surface area contributed by atoms with Gasteiger partial charge >= 0.3 is 0 Å². The van der Waals surface area contributed by atoms with Gasteiger partial charge in [-0.25, -0.2) is 0 Å². The zero-order valence-electron chi connectivity index (χ0n) is 12.3. The van der Waals surface area contributed by atoms with Crippen molar-refractivity contribution < 1.29 is 4.79 Å². The second-order valence-electron chi connectivity index (χ2n) is 4.83. The van der Waals surface area contributed by atoms with Gasteiger partial charge in [0.15, 0.2) is 0 Å². The molecule has 2 aromatic rings. The number of anilines is 1. The molecule has 0 spiro atoms. The van der Waals surface area contributed by atoms with Crippen LogP contribution in [0.2, 0.25) is 0 Å². The Hall–Kier alpha value is -1.81. The Morgan fingerprint density at radius 2 is 1.81 bits per heavy atom. The fraction of sp³-hybridized carbons (Fsp3) is 0.235. The minimum atomic E-state index is 0.0160. The Balaban J connectivity index is 2.18. The van der Waals surface area contributed by atoms with Crippen molar-refractivity contribution in [2.24, 2.45) is 0 Å². The van der Waals surface area contributed by atoms with Crippen molar-refractivity contribution in [3.8, 4) is 0 Å². The van der Waals surface area contributed by atoms with Crippen LogP contribution in [0.4, 0.5) is 5.69 Å². The minimum absolute atomic E-state index is 0.0160. The van der Waals surface area contributed by atoms with Gasteiger partial charge in [0.25, 0.3) is 5.91 Å². The van der Waals surface area contributed by atoms with Crippen LogP contribution < -0.4 is 5.32 Å². The molecule has 1 N–H and O–H groups in total. The summed E-state index contributed by atoms with van der Waals surface area (Å²) in [5, 5.41) is 3.23. The minimum Gasteiger partial charge on any atom is -0.385 e. The van der Waals surface area contributed by atoms with Gasteiger partial charge in [-0.05, 0) is 30.7 Å². The van der Waals surface area contributed by atoms with Gasteiger partial charge in [0.1, 0.15) is 0 Å². The lowest BCUT2D eigenvalue weighted by atomic mass is 10.1. The van der Waals surface area contributed by atoms with Crippen LogP contribution in [0.5, 0.6) is 0 Å². The van der Waals surface area contributed by atoms with E-state index in [0.717, 1.165) is 22.3 Å². The first-order chi connectivity index (χ1) is 10.1. The maximum atomic E-state index is 12.6. The standard InChI is InChI=1S/C17H19BrN2O/c1-3-19-16-11-7-5-9-14(16)17(21)20(2)12-13-8-4-6-10-15(13)18/h4-11,19H,3,12H2,1-2H3. The summed E-state index contributed by atoms with van der Waals surface area (Å²) >= 11 is 3.52. The molecule has 0 heterocycles. The van der Waals surface area contributed by atoms with Gasteiger partial charge in [-0.3, -0.25) is 4.79 Å². The van der Waals surface area contributed by atoms with Crippen molar-refractivity contribution in [3.05, 3.63) is 64.1 Å². The molecular weight excluding hydrogens is 328 g/mol. The summed E-state index contributed by atoms with van der Waals surface area (Å²) in [6, 6.07) is 15.6. The smallest absolute Gasteiger partial charge is 0.255 e. The van der Waals surface area contributed by atoms with E-state index in [4.69, 9.17) is 0 Å². The lowest BCUT2D eigenvalue weighted by Gasteiger charge is -2.20. The Labute approximate surface area is 134 Å². The highest BCUT2D eigenvalue weighted by atomic mass is 79.9. The van der Waals surface area contributed by atoms with Crippen LogP contribution in [0.15, 0.2) is 53.0 Å². The van der Waals surface area contributed by atoms with Gasteiger partial charge in [-0.15, -0.1) is 0 Å². The van der Waals surface area contributed by atoms with Crippen LogP contribution in [0, 0.1) is 0 Å². The third-order valence-electron chi connectivity index (χ3n) is 3.24. The third kappa shape index (κ3) is 3.85. The molecule has 0 aliphatic carbocycles. The van der Waals surface area contributed by atoms with Crippen LogP contribution in [-0.2, 0) is 6.54 Å². The summed E-state index contributed by atoms with van der Waals surface area (Å²) in [5.74, 6) is 0.0160. The van der Waals surface area contributed by atoms with E-state index in [-0.39, 0.29) is 5.91 Å². The number of nitrogens with zero attached hydrogens (tertiary/aromatic N) is 1. The number of para-hydroxylation sites is 1. The first kappa shape index (κ1) is 15.6. The Bertz CT molecular complexity index is 628. The molecule has 0 saturated heterocycles. The van der Waals surface area contributed by atoms with E-state index in [1.807, 2.05) is 62.5 Å². The molecule has 0 aliphatic heterocycles. The second kappa shape index (κ2) is 7.27. The predicted molar refractivity (Wildman–Crippen MR) is 90.5 cm³/mol. The average Bonchev–Trinajstić information content (AvgIpc) is 2.50. The first-order valence-electron chi connectivity index (χ1n) is 6.95. The Morgan fingerprint density at radius 3 is 2.52 bits per heavy atom. The molecule has 1 amide bonds. The number of halogens is 1. The zero-order valence-corrected chi connectivity index (χ0v) is 13.9. The summed E-state index contributed by atoms with van der Waals surface area (Å²) in [6.07, 6.45) is 0. The molecule has 0 aromatic heterocycles. The topological polar surface area (TPSA) is 32.3 Å². The fourth-order valence-electron chi connectivity index (χ4n) is 2.17. The van der Waals surface area contributed by atoms with Gasteiger partial charge in [-0.1, -0.05) is 46.3 Å². The van der Waals surface area contributed by atoms with Crippen LogP contribution in [0.1, 0.15) is 22.8 Å².